The van der Waals surface area contributed by atoms with Crippen LogP contribution in [0.25, 0.3) is 0 Å². The van der Waals surface area contributed by atoms with Crippen molar-refractivity contribution in [2.45, 2.75) is 58.4 Å². The molecule has 2 rings (SSSR count). The molecule has 0 aromatic heterocycles. The summed E-state index contributed by atoms with van der Waals surface area (Å²) in [7, 11) is 0. The molecule has 2 aliphatic rings. The van der Waals surface area contributed by atoms with Crippen LogP contribution in [0.5, 0.6) is 0 Å². The van der Waals surface area contributed by atoms with Gasteiger partial charge in [0, 0.05) is 19.1 Å². The summed E-state index contributed by atoms with van der Waals surface area (Å²) in [6.07, 6.45) is 8.36. The summed E-state index contributed by atoms with van der Waals surface area (Å²) in [4.78, 5) is 2.53. The van der Waals surface area contributed by atoms with E-state index in [9.17, 15) is 0 Å². The van der Waals surface area contributed by atoms with E-state index in [1.165, 1.54) is 51.6 Å². The highest BCUT2D eigenvalue weighted by atomic mass is 16.5. The lowest BCUT2D eigenvalue weighted by molar-refractivity contribution is 0.0373. The smallest absolute Gasteiger partial charge is 0.0594 e. The van der Waals surface area contributed by atoms with Gasteiger partial charge in [-0.2, -0.15) is 0 Å². The predicted octanol–water partition coefficient (Wildman–Crippen LogP) is 2.90. The van der Waals surface area contributed by atoms with E-state index in [-0.39, 0.29) is 0 Å². The summed E-state index contributed by atoms with van der Waals surface area (Å²) in [5, 5.41) is 3.80. The molecule has 1 N–H and O–H groups in total. The summed E-state index contributed by atoms with van der Waals surface area (Å²) in [5.41, 5.74) is 0. The van der Waals surface area contributed by atoms with Gasteiger partial charge in [-0.3, -0.25) is 4.90 Å². The first-order valence-corrected chi connectivity index (χ1v) is 8.79. The third-order valence-corrected chi connectivity index (χ3v) is 5.14. The highest BCUT2D eigenvalue weighted by Gasteiger charge is 2.20. The first-order chi connectivity index (χ1) is 9.75. The summed E-state index contributed by atoms with van der Waals surface area (Å²) >= 11 is 0. The number of rotatable bonds is 6. The van der Waals surface area contributed by atoms with E-state index in [1.54, 1.807) is 0 Å². The van der Waals surface area contributed by atoms with Crippen molar-refractivity contribution < 1.29 is 4.74 Å². The molecular formula is C17H34N2O. The molecule has 2 unspecified atom stereocenters. The second-order valence-corrected chi connectivity index (χ2v) is 6.97. The number of hydrogen-bond acceptors (Lipinski definition) is 3. The molecule has 2 fully saturated rings. The number of nitrogens with zero attached hydrogens (tertiary/aromatic N) is 1. The zero-order valence-corrected chi connectivity index (χ0v) is 13.6. The van der Waals surface area contributed by atoms with Gasteiger partial charge in [0.2, 0.25) is 0 Å². The van der Waals surface area contributed by atoms with Gasteiger partial charge in [0.15, 0.2) is 0 Å². The molecule has 0 bridgehead atoms. The van der Waals surface area contributed by atoms with Crippen molar-refractivity contribution in [1.29, 1.82) is 0 Å². The maximum atomic E-state index is 5.39. The maximum Gasteiger partial charge on any atom is 0.0594 e. The third-order valence-electron chi connectivity index (χ3n) is 5.14. The van der Waals surface area contributed by atoms with Crippen molar-refractivity contribution in [3.63, 3.8) is 0 Å². The molecule has 0 amide bonds. The Morgan fingerprint density at radius 1 is 1.10 bits per heavy atom. The number of nitrogens with one attached hydrogen (secondary N) is 1. The van der Waals surface area contributed by atoms with Gasteiger partial charge in [-0.1, -0.05) is 26.7 Å². The van der Waals surface area contributed by atoms with E-state index < -0.39 is 0 Å². The minimum absolute atomic E-state index is 0.781. The molecule has 0 radical (unpaired) electrons. The topological polar surface area (TPSA) is 24.5 Å². The van der Waals surface area contributed by atoms with Crippen LogP contribution >= 0.6 is 0 Å². The van der Waals surface area contributed by atoms with E-state index >= 15 is 0 Å². The molecule has 0 aromatic rings. The van der Waals surface area contributed by atoms with Crippen molar-refractivity contribution >= 4 is 0 Å². The molecule has 3 heteroatoms. The summed E-state index contributed by atoms with van der Waals surface area (Å²) in [6, 6.07) is 0.781. The average molecular weight is 282 g/mol. The number of hydrogen-bond donors (Lipinski definition) is 1. The van der Waals surface area contributed by atoms with Crippen LogP contribution in [0.2, 0.25) is 0 Å². The van der Waals surface area contributed by atoms with Crippen LogP contribution in [-0.4, -0.2) is 50.3 Å². The van der Waals surface area contributed by atoms with E-state index in [0.717, 1.165) is 44.2 Å². The quantitative estimate of drug-likeness (QED) is 0.599. The Labute approximate surface area is 125 Å². The number of morpholine rings is 1. The average Bonchev–Trinajstić information content (AvgIpc) is 2.70. The Kier molecular flexibility index (Phi) is 7.32. The Morgan fingerprint density at radius 2 is 1.90 bits per heavy atom. The van der Waals surface area contributed by atoms with Gasteiger partial charge in [0.1, 0.15) is 0 Å². The van der Waals surface area contributed by atoms with Crippen LogP contribution in [-0.2, 0) is 4.74 Å². The van der Waals surface area contributed by atoms with Gasteiger partial charge in [-0.25, -0.2) is 0 Å². The number of ether oxygens (including phenoxy) is 1. The van der Waals surface area contributed by atoms with Crippen LogP contribution in [0.15, 0.2) is 0 Å². The van der Waals surface area contributed by atoms with E-state index in [2.05, 4.69) is 24.1 Å². The fourth-order valence-electron chi connectivity index (χ4n) is 3.63. The van der Waals surface area contributed by atoms with Crippen LogP contribution in [0.3, 0.4) is 0 Å². The third kappa shape index (κ3) is 5.71. The first kappa shape index (κ1) is 16.3. The normalized spacial score (nSPS) is 29.6. The lowest BCUT2D eigenvalue weighted by atomic mass is 9.89. The highest BCUT2D eigenvalue weighted by Crippen LogP contribution is 2.28. The fraction of sp³-hybridized carbons (Fsp3) is 1.00. The SMILES string of the molecule is CC(C)C1CCCC(NCCCN2CCOCC2)CC1. The van der Waals surface area contributed by atoms with Crippen molar-refractivity contribution in [3.8, 4) is 0 Å². The summed E-state index contributed by atoms with van der Waals surface area (Å²) < 4.78 is 5.39. The predicted molar refractivity (Wildman–Crippen MR) is 85.1 cm³/mol. The molecule has 0 spiro atoms. The highest BCUT2D eigenvalue weighted by molar-refractivity contribution is 4.76. The van der Waals surface area contributed by atoms with Crippen LogP contribution in [0.4, 0.5) is 0 Å². The zero-order valence-electron chi connectivity index (χ0n) is 13.6. The lowest BCUT2D eigenvalue weighted by Crippen LogP contribution is -2.38. The summed E-state index contributed by atoms with van der Waals surface area (Å²) in [6.45, 7) is 11.3. The molecule has 118 valence electrons. The second-order valence-electron chi connectivity index (χ2n) is 6.97. The Hall–Kier alpha value is -0.120. The molecule has 0 aromatic carbocycles. The summed E-state index contributed by atoms with van der Waals surface area (Å²) in [5.74, 6) is 1.84. The van der Waals surface area contributed by atoms with Crippen molar-refractivity contribution in [3.05, 3.63) is 0 Å². The molecular weight excluding hydrogens is 248 g/mol. The standard InChI is InChI=1S/C17H34N2O/c1-15(2)16-5-3-6-17(8-7-16)18-9-4-10-19-11-13-20-14-12-19/h15-18H,3-14H2,1-2H3. The van der Waals surface area contributed by atoms with Gasteiger partial charge in [-0.15, -0.1) is 0 Å². The van der Waals surface area contributed by atoms with Gasteiger partial charge in [0.05, 0.1) is 13.2 Å². The molecule has 1 aliphatic carbocycles. The molecule has 1 saturated carbocycles. The van der Waals surface area contributed by atoms with Crippen molar-refractivity contribution in [1.82, 2.24) is 10.2 Å². The Morgan fingerprint density at radius 3 is 2.65 bits per heavy atom. The minimum Gasteiger partial charge on any atom is -0.379 e. The van der Waals surface area contributed by atoms with Gasteiger partial charge < -0.3 is 10.1 Å². The molecule has 1 aliphatic heterocycles. The van der Waals surface area contributed by atoms with Crippen LogP contribution < -0.4 is 5.32 Å². The minimum atomic E-state index is 0.781. The fourth-order valence-corrected chi connectivity index (χ4v) is 3.63. The van der Waals surface area contributed by atoms with Gasteiger partial charge in [-0.05, 0) is 50.6 Å². The van der Waals surface area contributed by atoms with Gasteiger partial charge >= 0.3 is 0 Å². The molecule has 3 nitrogen and oxygen atoms in total. The largest absolute Gasteiger partial charge is 0.379 e. The van der Waals surface area contributed by atoms with Crippen molar-refractivity contribution in [2.75, 3.05) is 39.4 Å². The van der Waals surface area contributed by atoms with Crippen molar-refractivity contribution in [2.24, 2.45) is 11.8 Å². The molecule has 2 atom stereocenters. The second kappa shape index (κ2) is 9.01. The first-order valence-electron chi connectivity index (χ1n) is 8.79. The molecule has 1 saturated heterocycles. The monoisotopic (exact) mass is 282 g/mol. The maximum absolute atomic E-state index is 5.39. The van der Waals surface area contributed by atoms with E-state index in [1.807, 2.05) is 0 Å². The lowest BCUT2D eigenvalue weighted by Gasteiger charge is -2.27. The van der Waals surface area contributed by atoms with Crippen LogP contribution in [0, 0.1) is 11.8 Å². The zero-order chi connectivity index (χ0) is 14.2. The van der Waals surface area contributed by atoms with E-state index in [0.29, 0.717) is 0 Å². The van der Waals surface area contributed by atoms with Crippen LogP contribution in [0.1, 0.15) is 52.4 Å². The van der Waals surface area contributed by atoms with E-state index in [4.69, 9.17) is 4.74 Å². The molecule has 1 heterocycles. The molecule has 20 heavy (non-hydrogen) atoms. The Bertz CT molecular complexity index is 251. The van der Waals surface area contributed by atoms with Gasteiger partial charge in [0.25, 0.3) is 0 Å². The Balaban J connectivity index is 1.55.